The number of hydrogen-bond acceptors (Lipinski definition) is 9. The highest BCUT2D eigenvalue weighted by atomic mass is 31.2. The second-order valence-corrected chi connectivity index (χ2v) is 14.4. The molecule has 0 aliphatic carbocycles. The number of aliphatic hydroxyl groups is 2. The van der Waals surface area contributed by atoms with Crippen molar-refractivity contribution in [3.05, 3.63) is 24.3 Å². The van der Waals surface area contributed by atoms with Crippen LogP contribution in [0.3, 0.4) is 0 Å². The molecule has 0 fully saturated rings. The van der Waals surface area contributed by atoms with E-state index in [1.54, 1.807) is 0 Å². The number of phosphoric acid groups is 1. The van der Waals surface area contributed by atoms with Crippen molar-refractivity contribution in [3.63, 3.8) is 0 Å². The van der Waals surface area contributed by atoms with Crippen LogP contribution in [0.4, 0.5) is 0 Å². The molecule has 0 rings (SSSR count). The van der Waals surface area contributed by atoms with Gasteiger partial charge in [0.1, 0.15) is 12.7 Å². The Bertz CT molecular complexity index is 879. The van der Waals surface area contributed by atoms with Crippen molar-refractivity contribution in [3.8, 4) is 0 Å². The summed E-state index contributed by atoms with van der Waals surface area (Å²) in [4.78, 5) is 34.8. The summed E-state index contributed by atoms with van der Waals surface area (Å²) in [5, 5.41) is 18.3. The minimum Gasteiger partial charge on any atom is -0.462 e. The Labute approximate surface area is 298 Å². The third-order valence-corrected chi connectivity index (χ3v) is 9.06. The summed E-state index contributed by atoms with van der Waals surface area (Å²) in [5.41, 5.74) is 0. The number of carbonyl (C=O) groups is 2. The lowest BCUT2D eigenvalue weighted by atomic mass is 10.1. The van der Waals surface area contributed by atoms with Crippen LogP contribution < -0.4 is 0 Å². The fourth-order valence-electron chi connectivity index (χ4n) is 5.08. The molecule has 0 amide bonds. The molecule has 3 atom stereocenters. The van der Waals surface area contributed by atoms with Gasteiger partial charge in [0.15, 0.2) is 6.10 Å². The van der Waals surface area contributed by atoms with Gasteiger partial charge in [-0.3, -0.25) is 18.6 Å². The van der Waals surface area contributed by atoms with Gasteiger partial charge >= 0.3 is 19.8 Å². The molecule has 10 nitrogen and oxygen atoms in total. The van der Waals surface area contributed by atoms with Crippen molar-refractivity contribution in [1.29, 1.82) is 0 Å². The zero-order valence-electron chi connectivity index (χ0n) is 30.9. The molecule has 0 aliphatic rings. The van der Waals surface area contributed by atoms with Gasteiger partial charge in [-0.1, -0.05) is 134 Å². The van der Waals surface area contributed by atoms with Crippen molar-refractivity contribution in [2.45, 2.75) is 180 Å². The molecule has 0 heterocycles. The van der Waals surface area contributed by atoms with E-state index in [4.69, 9.17) is 19.1 Å². The van der Waals surface area contributed by atoms with E-state index in [2.05, 4.69) is 42.7 Å². The van der Waals surface area contributed by atoms with Crippen LogP contribution in [0.2, 0.25) is 0 Å². The highest BCUT2D eigenvalue weighted by Crippen LogP contribution is 2.43. The number of allylic oxidation sites excluding steroid dienone is 4. The van der Waals surface area contributed by atoms with Crippen molar-refractivity contribution < 1.29 is 47.8 Å². The summed E-state index contributed by atoms with van der Waals surface area (Å²) >= 11 is 0. The van der Waals surface area contributed by atoms with Crippen LogP contribution in [0, 0.1) is 0 Å². The first-order valence-corrected chi connectivity index (χ1v) is 20.8. The Kier molecular flexibility index (Phi) is 33.8. The molecule has 288 valence electrons. The largest absolute Gasteiger partial charge is 0.472 e. The molecule has 0 bridgehead atoms. The molecular formula is C38H71O10P. The average molecular weight is 719 g/mol. The van der Waals surface area contributed by atoms with Gasteiger partial charge in [-0.15, -0.1) is 0 Å². The van der Waals surface area contributed by atoms with Crippen LogP contribution >= 0.6 is 7.82 Å². The summed E-state index contributed by atoms with van der Waals surface area (Å²) in [7, 11) is -4.61. The summed E-state index contributed by atoms with van der Waals surface area (Å²) in [6, 6.07) is 0. The second-order valence-electron chi connectivity index (χ2n) is 13.0. The fraction of sp³-hybridized carbons (Fsp3) is 0.842. The van der Waals surface area contributed by atoms with Crippen LogP contribution in [0.5, 0.6) is 0 Å². The first kappa shape index (κ1) is 47.4. The Hall–Kier alpha value is -1.55. The number of phosphoric ester groups is 1. The van der Waals surface area contributed by atoms with Crippen molar-refractivity contribution in [2.24, 2.45) is 0 Å². The Morgan fingerprint density at radius 1 is 0.612 bits per heavy atom. The quantitative estimate of drug-likeness (QED) is 0.0248. The van der Waals surface area contributed by atoms with E-state index in [1.165, 1.54) is 70.6 Å². The SMILES string of the molecule is CCCCC/C=C\C/C=C\CCCCCCCC(=O)OC[C@H](COP(=O)(O)OC[C@@H](O)CO)OC(=O)CCCCCCCCCCCCC. The lowest BCUT2D eigenvalue weighted by Gasteiger charge is -2.20. The van der Waals surface area contributed by atoms with Gasteiger partial charge in [0, 0.05) is 12.8 Å². The van der Waals surface area contributed by atoms with Crippen molar-refractivity contribution >= 4 is 19.8 Å². The molecule has 1 unspecified atom stereocenters. The smallest absolute Gasteiger partial charge is 0.462 e. The maximum absolute atomic E-state index is 12.5. The first-order chi connectivity index (χ1) is 23.7. The standard InChI is InChI=1S/C38H71O10P/c1-3-5-7-9-11-13-15-16-17-18-20-21-23-25-27-29-37(41)45-33-36(34-47-49(43,44)46-32-35(40)31-39)48-38(42)30-28-26-24-22-19-14-12-10-8-6-4-2/h11,13,16-17,35-36,39-40H,3-10,12,14-15,18-34H2,1-2H3,(H,43,44)/b13-11-,17-16-/t35-,36+/m0/s1. The zero-order chi connectivity index (χ0) is 36.3. The predicted octanol–water partition coefficient (Wildman–Crippen LogP) is 9.44. The van der Waals surface area contributed by atoms with E-state index in [-0.39, 0.29) is 19.4 Å². The van der Waals surface area contributed by atoms with E-state index in [0.29, 0.717) is 12.8 Å². The third kappa shape index (κ3) is 34.7. The molecule has 3 N–H and O–H groups in total. The molecule has 0 saturated carbocycles. The molecule has 0 aliphatic heterocycles. The lowest BCUT2D eigenvalue weighted by Crippen LogP contribution is -2.29. The van der Waals surface area contributed by atoms with Gasteiger partial charge in [0.25, 0.3) is 0 Å². The van der Waals surface area contributed by atoms with Gasteiger partial charge in [0.2, 0.25) is 0 Å². The minimum atomic E-state index is -4.61. The van der Waals surface area contributed by atoms with Crippen molar-refractivity contribution in [2.75, 3.05) is 26.4 Å². The topological polar surface area (TPSA) is 149 Å². The highest BCUT2D eigenvalue weighted by Gasteiger charge is 2.27. The van der Waals surface area contributed by atoms with Crippen LogP contribution in [0.25, 0.3) is 0 Å². The summed E-state index contributed by atoms with van der Waals surface area (Å²) < 4.78 is 32.5. The maximum atomic E-state index is 12.5. The predicted molar refractivity (Wildman–Crippen MR) is 196 cm³/mol. The molecule has 0 radical (unpaired) electrons. The number of ether oxygens (including phenoxy) is 2. The van der Waals surface area contributed by atoms with E-state index in [1.807, 2.05) is 0 Å². The monoisotopic (exact) mass is 718 g/mol. The summed E-state index contributed by atoms with van der Waals surface area (Å²) in [6.07, 6.45) is 31.5. The maximum Gasteiger partial charge on any atom is 0.472 e. The average Bonchev–Trinajstić information content (AvgIpc) is 3.09. The number of hydrogen-bond donors (Lipinski definition) is 3. The molecule has 0 aromatic rings. The number of rotatable bonds is 36. The second kappa shape index (κ2) is 34.9. The third-order valence-electron chi connectivity index (χ3n) is 8.11. The van der Waals surface area contributed by atoms with Crippen molar-refractivity contribution in [1.82, 2.24) is 0 Å². The van der Waals surface area contributed by atoms with Gasteiger partial charge in [-0.25, -0.2) is 4.57 Å². The van der Waals surface area contributed by atoms with Crippen LogP contribution in [0.1, 0.15) is 168 Å². The molecule has 0 aromatic carbocycles. The molecular weight excluding hydrogens is 647 g/mol. The van der Waals surface area contributed by atoms with E-state index >= 15 is 0 Å². The van der Waals surface area contributed by atoms with Crippen LogP contribution in [-0.4, -0.2) is 65.7 Å². The zero-order valence-corrected chi connectivity index (χ0v) is 31.8. The van der Waals surface area contributed by atoms with Gasteiger partial charge in [-0.2, -0.15) is 0 Å². The Morgan fingerprint density at radius 2 is 1.06 bits per heavy atom. The first-order valence-electron chi connectivity index (χ1n) is 19.3. The summed E-state index contributed by atoms with van der Waals surface area (Å²) in [5.74, 6) is -0.940. The summed E-state index contributed by atoms with van der Waals surface area (Å²) in [6.45, 7) is 2.32. The molecule has 49 heavy (non-hydrogen) atoms. The molecule has 0 spiro atoms. The fourth-order valence-corrected chi connectivity index (χ4v) is 5.87. The van der Waals surface area contributed by atoms with Crippen LogP contribution in [-0.2, 0) is 32.7 Å². The van der Waals surface area contributed by atoms with Gasteiger partial charge in [-0.05, 0) is 44.9 Å². The van der Waals surface area contributed by atoms with E-state index in [0.717, 1.165) is 57.8 Å². The minimum absolute atomic E-state index is 0.184. The Morgan fingerprint density at radius 3 is 1.61 bits per heavy atom. The number of unbranched alkanes of at least 4 members (excludes halogenated alkanes) is 18. The Balaban J connectivity index is 4.37. The van der Waals surface area contributed by atoms with E-state index in [9.17, 15) is 24.2 Å². The highest BCUT2D eigenvalue weighted by molar-refractivity contribution is 7.47. The van der Waals surface area contributed by atoms with Crippen LogP contribution in [0.15, 0.2) is 24.3 Å². The molecule has 11 heteroatoms. The van der Waals surface area contributed by atoms with E-state index < -0.39 is 51.8 Å². The lowest BCUT2D eigenvalue weighted by molar-refractivity contribution is -0.161. The number of carbonyl (C=O) groups excluding carboxylic acids is 2. The number of esters is 2. The molecule has 0 saturated heterocycles. The molecule has 0 aromatic heterocycles. The normalized spacial score (nSPS) is 14.3. The number of aliphatic hydroxyl groups excluding tert-OH is 2. The van der Waals surface area contributed by atoms with Gasteiger partial charge < -0.3 is 24.6 Å². The van der Waals surface area contributed by atoms with Gasteiger partial charge in [0.05, 0.1) is 19.8 Å².